The highest BCUT2D eigenvalue weighted by atomic mass is 31.2. The average Bonchev–Trinajstić information content (AvgIpc) is 2.24. The van der Waals surface area contributed by atoms with Crippen LogP contribution in [0.3, 0.4) is 0 Å². The largest absolute Gasteiger partial charge is 0.415 e. The molecular weight excluding hydrogens is 271 g/mol. The minimum absolute atomic E-state index is 0.0464. The molecule has 0 aromatic rings. The SMILES string of the molecule is COP(=O)(CC(=O)CCC(C)O[Si](C)(C)C)OC. The third kappa shape index (κ3) is 8.16. The zero-order valence-corrected chi connectivity index (χ0v) is 14.1. The minimum Gasteiger partial charge on any atom is -0.415 e. The first kappa shape index (κ1) is 18.0. The van der Waals surface area contributed by atoms with E-state index in [1.165, 1.54) is 14.2 Å². The summed E-state index contributed by atoms with van der Waals surface area (Å²) in [6, 6.07) is 0. The van der Waals surface area contributed by atoms with Crippen LogP contribution in [-0.2, 0) is 22.8 Å². The van der Waals surface area contributed by atoms with Crippen molar-refractivity contribution in [1.82, 2.24) is 0 Å². The number of hydrogen-bond donors (Lipinski definition) is 0. The van der Waals surface area contributed by atoms with Crippen LogP contribution in [0.1, 0.15) is 19.8 Å². The maximum Gasteiger partial charge on any atom is 0.337 e. The second-order valence-electron chi connectivity index (χ2n) is 5.25. The summed E-state index contributed by atoms with van der Waals surface area (Å²) in [5.41, 5.74) is 0. The molecule has 0 saturated carbocycles. The molecule has 0 spiro atoms. The van der Waals surface area contributed by atoms with Crippen molar-refractivity contribution < 1.29 is 22.8 Å². The molecule has 0 fully saturated rings. The average molecular weight is 296 g/mol. The fourth-order valence-corrected chi connectivity index (χ4v) is 3.85. The lowest BCUT2D eigenvalue weighted by molar-refractivity contribution is -0.117. The molecule has 0 N–H and O–H groups in total. The molecule has 5 nitrogen and oxygen atoms in total. The summed E-state index contributed by atoms with van der Waals surface area (Å²) in [7, 11) is -2.22. The van der Waals surface area contributed by atoms with Gasteiger partial charge >= 0.3 is 7.60 Å². The third-order valence-corrected chi connectivity index (χ3v) is 5.27. The Bertz CT molecular complexity index is 305. The lowest BCUT2D eigenvalue weighted by Crippen LogP contribution is -2.30. The van der Waals surface area contributed by atoms with Crippen molar-refractivity contribution in [3.8, 4) is 0 Å². The van der Waals surface area contributed by atoms with Gasteiger partial charge in [-0.2, -0.15) is 0 Å². The van der Waals surface area contributed by atoms with Gasteiger partial charge in [-0.1, -0.05) is 0 Å². The van der Waals surface area contributed by atoms with Gasteiger partial charge in [0.1, 0.15) is 11.9 Å². The van der Waals surface area contributed by atoms with E-state index in [0.717, 1.165) is 0 Å². The lowest BCUT2D eigenvalue weighted by atomic mass is 10.2. The minimum atomic E-state index is -3.22. The number of hydrogen-bond acceptors (Lipinski definition) is 5. The summed E-state index contributed by atoms with van der Waals surface area (Å²) in [5, 5.41) is 0. The lowest BCUT2D eigenvalue weighted by Gasteiger charge is -2.23. The summed E-state index contributed by atoms with van der Waals surface area (Å²) < 4.78 is 27.0. The number of Topliss-reactive ketones (excluding diaryl/α,β-unsaturated/α-hetero) is 1. The van der Waals surface area contributed by atoms with E-state index in [1.54, 1.807) is 0 Å². The van der Waals surface area contributed by atoms with Crippen molar-refractivity contribution in [2.75, 3.05) is 20.4 Å². The van der Waals surface area contributed by atoms with Gasteiger partial charge < -0.3 is 13.5 Å². The predicted octanol–water partition coefficient (Wildman–Crippen LogP) is 3.06. The van der Waals surface area contributed by atoms with Crippen LogP contribution in [0.25, 0.3) is 0 Å². The standard InChI is InChI=1S/C11H25O5PSi/c1-10(16-18(4,5)6)7-8-11(12)9-17(13,14-2)15-3/h10H,7-9H2,1-6H3. The Labute approximate surface area is 111 Å². The van der Waals surface area contributed by atoms with Crippen LogP contribution in [0.4, 0.5) is 0 Å². The number of carbonyl (C=O) groups excluding carboxylic acids is 1. The highest BCUT2D eigenvalue weighted by molar-refractivity contribution is 7.54. The fraction of sp³-hybridized carbons (Fsp3) is 0.909. The van der Waals surface area contributed by atoms with E-state index >= 15 is 0 Å². The monoisotopic (exact) mass is 296 g/mol. The van der Waals surface area contributed by atoms with Crippen LogP contribution in [0.5, 0.6) is 0 Å². The molecule has 0 amide bonds. The predicted molar refractivity (Wildman–Crippen MR) is 74.6 cm³/mol. The molecule has 0 aromatic heterocycles. The van der Waals surface area contributed by atoms with E-state index in [-0.39, 0.29) is 18.0 Å². The first-order valence-corrected chi connectivity index (χ1v) is 11.2. The first-order chi connectivity index (χ1) is 8.12. The zero-order valence-electron chi connectivity index (χ0n) is 12.2. The molecule has 0 aliphatic heterocycles. The van der Waals surface area contributed by atoms with E-state index in [2.05, 4.69) is 19.6 Å². The first-order valence-electron chi connectivity index (χ1n) is 6.02. The molecule has 0 bridgehead atoms. The van der Waals surface area contributed by atoms with Crippen molar-refractivity contribution in [3.05, 3.63) is 0 Å². The van der Waals surface area contributed by atoms with Crippen molar-refractivity contribution in [3.63, 3.8) is 0 Å². The molecule has 108 valence electrons. The summed E-state index contributed by atoms with van der Waals surface area (Å²) in [6.45, 7) is 8.28. The van der Waals surface area contributed by atoms with Crippen molar-refractivity contribution in [2.24, 2.45) is 0 Å². The molecule has 0 radical (unpaired) electrons. The van der Waals surface area contributed by atoms with E-state index in [0.29, 0.717) is 12.8 Å². The smallest absolute Gasteiger partial charge is 0.337 e. The Morgan fingerprint density at radius 1 is 1.22 bits per heavy atom. The van der Waals surface area contributed by atoms with Crippen LogP contribution >= 0.6 is 7.60 Å². The Kier molecular flexibility index (Phi) is 7.55. The van der Waals surface area contributed by atoms with Crippen LogP contribution in [0.15, 0.2) is 0 Å². The van der Waals surface area contributed by atoms with Gasteiger partial charge in [-0.05, 0) is 33.0 Å². The highest BCUT2D eigenvalue weighted by Crippen LogP contribution is 2.46. The topological polar surface area (TPSA) is 61.8 Å². The molecule has 0 saturated heterocycles. The zero-order chi connectivity index (χ0) is 14.4. The molecule has 7 heteroatoms. The fourth-order valence-electron chi connectivity index (χ4n) is 1.53. The Hall–Kier alpha value is -0.00312. The molecule has 0 aromatic carbocycles. The summed E-state index contributed by atoms with van der Waals surface area (Å²) in [6.07, 6.45) is 0.851. The van der Waals surface area contributed by atoms with Gasteiger partial charge in [0, 0.05) is 26.7 Å². The summed E-state index contributed by atoms with van der Waals surface area (Å²) in [5.74, 6) is -0.118. The second-order valence-corrected chi connectivity index (χ2v) is 12.0. The van der Waals surface area contributed by atoms with Gasteiger partial charge in [-0.3, -0.25) is 9.36 Å². The summed E-state index contributed by atoms with van der Waals surface area (Å²) >= 11 is 0. The summed E-state index contributed by atoms with van der Waals surface area (Å²) in [4.78, 5) is 11.7. The van der Waals surface area contributed by atoms with Crippen molar-refractivity contribution in [1.29, 1.82) is 0 Å². The number of ketones is 1. The van der Waals surface area contributed by atoms with E-state index in [9.17, 15) is 9.36 Å². The molecule has 1 unspecified atom stereocenters. The molecule has 0 aliphatic rings. The van der Waals surface area contributed by atoms with Gasteiger partial charge in [0.2, 0.25) is 0 Å². The Morgan fingerprint density at radius 3 is 2.11 bits per heavy atom. The van der Waals surface area contributed by atoms with Crippen LogP contribution in [0, 0.1) is 0 Å². The Morgan fingerprint density at radius 2 is 1.72 bits per heavy atom. The number of rotatable bonds is 9. The van der Waals surface area contributed by atoms with E-state index in [4.69, 9.17) is 13.5 Å². The molecular formula is C11H25O5PSi. The van der Waals surface area contributed by atoms with Crippen LogP contribution in [0.2, 0.25) is 19.6 Å². The van der Waals surface area contributed by atoms with Gasteiger partial charge in [0.05, 0.1) is 0 Å². The van der Waals surface area contributed by atoms with E-state index < -0.39 is 15.9 Å². The maximum atomic E-state index is 11.7. The molecule has 0 rings (SSSR count). The van der Waals surface area contributed by atoms with Crippen LogP contribution < -0.4 is 0 Å². The van der Waals surface area contributed by atoms with Gasteiger partial charge in [0.25, 0.3) is 0 Å². The van der Waals surface area contributed by atoms with Gasteiger partial charge in [-0.25, -0.2) is 0 Å². The molecule has 0 aliphatic carbocycles. The molecule has 18 heavy (non-hydrogen) atoms. The van der Waals surface area contributed by atoms with Crippen molar-refractivity contribution in [2.45, 2.75) is 45.5 Å². The van der Waals surface area contributed by atoms with Crippen LogP contribution in [-0.4, -0.2) is 40.6 Å². The third-order valence-electron chi connectivity index (χ3n) is 2.31. The number of carbonyl (C=O) groups is 1. The van der Waals surface area contributed by atoms with E-state index in [1.807, 2.05) is 6.92 Å². The highest BCUT2D eigenvalue weighted by Gasteiger charge is 2.26. The maximum absolute atomic E-state index is 11.7. The molecule has 0 heterocycles. The van der Waals surface area contributed by atoms with Crippen molar-refractivity contribution >= 4 is 21.7 Å². The normalized spacial score (nSPS) is 14.6. The van der Waals surface area contributed by atoms with Gasteiger partial charge in [0.15, 0.2) is 8.32 Å². The quantitative estimate of drug-likeness (QED) is 0.483. The molecule has 1 atom stereocenters. The van der Waals surface area contributed by atoms with Gasteiger partial charge in [-0.15, -0.1) is 0 Å². The Balaban J connectivity index is 4.08. The second kappa shape index (κ2) is 7.55.